The molecule has 1 heterocycles. The van der Waals surface area contributed by atoms with E-state index in [1.807, 2.05) is 4.90 Å². The van der Waals surface area contributed by atoms with E-state index in [2.05, 4.69) is 19.2 Å². The zero-order valence-corrected chi connectivity index (χ0v) is 10.6. The summed E-state index contributed by atoms with van der Waals surface area (Å²) in [4.78, 5) is 14.1. The van der Waals surface area contributed by atoms with E-state index in [1.54, 1.807) is 0 Å². The van der Waals surface area contributed by atoms with Gasteiger partial charge in [0.15, 0.2) is 0 Å². The quantitative estimate of drug-likeness (QED) is 0.793. The first-order valence-corrected chi connectivity index (χ1v) is 6.67. The molecule has 0 bridgehead atoms. The molecule has 2 rings (SSSR count). The Hall–Kier alpha value is -0.570. The molecule has 3 nitrogen and oxygen atoms in total. The van der Waals surface area contributed by atoms with E-state index in [0.29, 0.717) is 11.3 Å². The molecular formula is C13H24N2O. The third kappa shape index (κ3) is 2.40. The maximum atomic E-state index is 12.1. The molecular weight excluding hydrogens is 200 g/mol. The van der Waals surface area contributed by atoms with Gasteiger partial charge in [0.05, 0.1) is 12.7 Å². The summed E-state index contributed by atoms with van der Waals surface area (Å²) in [5.41, 5.74) is 0.387. The second-order valence-corrected chi connectivity index (χ2v) is 5.76. The Balaban J connectivity index is 1.89. The highest BCUT2D eigenvalue weighted by atomic mass is 16.2. The molecule has 16 heavy (non-hydrogen) atoms. The van der Waals surface area contributed by atoms with E-state index >= 15 is 0 Å². The molecule has 3 heteroatoms. The summed E-state index contributed by atoms with van der Waals surface area (Å²) in [6.45, 7) is 6.19. The van der Waals surface area contributed by atoms with E-state index in [9.17, 15) is 4.79 Å². The highest BCUT2D eigenvalue weighted by molar-refractivity contribution is 5.83. The van der Waals surface area contributed by atoms with Crippen LogP contribution in [0.3, 0.4) is 0 Å². The Kier molecular flexibility index (Phi) is 3.53. The summed E-state index contributed by atoms with van der Waals surface area (Å²) in [5, 5.41) is 3.32. The Labute approximate surface area is 98.6 Å². The number of rotatable bonds is 4. The minimum Gasteiger partial charge on any atom is -0.328 e. The fourth-order valence-electron chi connectivity index (χ4n) is 3.10. The van der Waals surface area contributed by atoms with E-state index < -0.39 is 0 Å². The number of amides is 1. The molecule has 1 N–H and O–H groups in total. The molecule has 1 atom stereocenters. The van der Waals surface area contributed by atoms with Crippen LogP contribution in [-0.4, -0.2) is 30.1 Å². The van der Waals surface area contributed by atoms with Crippen molar-refractivity contribution in [1.82, 2.24) is 10.2 Å². The number of nitrogens with zero attached hydrogens (tertiary/aromatic N) is 1. The lowest BCUT2D eigenvalue weighted by Gasteiger charge is -2.29. The van der Waals surface area contributed by atoms with E-state index in [0.717, 1.165) is 26.1 Å². The van der Waals surface area contributed by atoms with Crippen LogP contribution >= 0.6 is 0 Å². The topological polar surface area (TPSA) is 32.3 Å². The van der Waals surface area contributed by atoms with Gasteiger partial charge in [-0.2, -0.15) is 0 Å². The summed E-state index contributed by atoms with van der Waals surface area (Å²) in [6.07, 6.45) is 7.31. The molecule has 1 aliphatic carbocycles. The van der Waals surface area contributed by atoms with Gasteiger partial charge in [0.2, 0.25) is 5.91 Å². The lowest BCUT2D eigenvalue weighted by Crippen LogP contribution is -2.37. The summed E-state index contributed by atoms with van der Waals surface area (Å²) in [6, 6.07) is 0.0926. The van der Waals surface area contributed by atoms with E-state index in [-0.39, 0.29) is 6.04 Å². The molecule has 0 aromatic heterocycles. The number of nitrogens with one attached hydrogen (secondary N) is 1. The number of carbonyl (C=O) groups excluding carboxylic acids is 1. The van der Waals surface area contributed by atoms with Gasteiger partial charge in [-0.1, -0.05) is 33.1 Å². The fraction of sp³-hybridized carbons (Fsp3) is 0.923. The fourth-order valence-corrected chi connectivity index (χ4v) is 3.10. The third-order valence-corrected chi connectivity index (χ3v) is 4.10. The zero-order valence-electron chi connectivity index (χ0n) is 10.6. The first-order valence-electron chi connectivity index (χ1n) is 6.67. The van der Waals surface area contributed by atoms with Gasteiger partial charge in [0.25, 0.3) is 0 Å². The van der Waals surface area contributed by atoms with E-state index in [4.69, 9.17) is 0 Å². The van der Waals surface area contributed by atoms with Crippen LogP contribution in [0.5, 0.6) is 0 Å². The Bertz CT molecular complexity index is 259. The normalized spacial score (nSPS) is 29.0. The van der Waals surface area contributed by atoms with Gasteiger partial charge >= 0.3 is 0 Å². The minimum atomic E-state index is 0.0926. The van der Waals surface area contributed by atoms with Crippen LogP contribution < -0.4 is 5.32 Å². The van der Waals surface area contributed by atoms with Crippen molar-refractivity contribution >= 4 is 5.91 Å². The van der Waals surface area contributed by atoms with Gasteiger partial charge in [-0.25, -0.2) is 0 Å². The smallest absolute Gasteiger partial charge is 0.240 e. The highest BCUT2D eigenvalue weighted by Crippen LogP contribution is 2.38. The Morgan fingerprint density at radius 1 is 1.44 bits per heavy atom. The van der Waals surface area contributed by atoms with Crippen molar-refractivity contribution < 1.29 is 4.79 Å². The molecule has 0 spiro atoms. The number of hydrogen-bond donors (Lipinski definition) is 1. The average Bonchev–Trinajstić information content (AvgIpc) is 2.80. The second-order valence-electron chi connectivity index (χ2n) is 5.76. The molecule has 1 aliphatic heterocycles. The summed E-state index contributed by atoms with van der Waals surface area (Å²) in [5.74, 6) is 0.329. The lowest BCUT2D eigenvalue weighted by atomic mass is 9.88. The molecule has 0 aromatic rings. The molecule has 92 valence electrons. The lowest BCUT2D eigenvalue weighted by molar-refractivity contribution is -0.130. The van der Waals surface area contributed by atoms with Crippen molar-refractivity contribution in [3.05, 3.63) is 0 Å². The first-order chi connectivity index (χ1) is 7.64. The van der Waals surface area contributed by atoms with Crippen molar-refractivity contribution in [2.75, 3.05) is 13.2 Å². The van der Waals surface area contributed by atoms with Gasteiger partial charge < -0.3 is 4.90 Å². The summed E-state index contributed by atoms with van der Waals surface area (Å²) in [7, 11) is 0. The molecule has 1 saturated heterocycles. The molecule has 1 saturated carbocycles. The summed E-state index contributed by atoms with van der Waals surface area (Å²) < 4.78 is 0. The molecule has 1 amide bonds. The standard InChI is InChI=1S/C13H24N2O/c1-3-6-11-12(16)15(10-14-11)9-13(2)7-4-5-8-13/h11,14H,3-10H2,1-2H3. The van der Waals surface area contributed by atoms with Crippen LogP contribution in [0.15, 0.2) is 0 Å². The maximum Gasteiger partial charge on any atom is 0.240 e. The average molecular weight is 224 g/mol. The van der Waals surface area contributed by atoms with Crippen LogP contribution in [0.2, 0.25) is 0 Å². The van der Waals surface area contributed by atoms with Crippen LogP contribution in [0.25, 0.3) is 0 Å². The molecule has 0 radical (unpaired) electrons. The highest BCUT2D eigenvalue weighted by Gasteiger charge is 2.37. The van der Waals surface area contributed by atoms with Crippen molar-refractivity contribution in [1.29, 1.82) is 0 Å². The molecule has 2 fully saturated rings. The molecule has 2 aliphatic rings. The number of hydrogen-bond acceptors (Lipinski definition) is 2. The Morgan fingerprint density at radius 3 is 2.75 bits per heavy atom. The SMILES string of the molecule is CCCC1NCN(CC2(C)CCCC2)C1=O. The van der Waals surface area contributed by atoms with Gasteiger partial charge in [0.1, 0.15) is 0 Å². The van der Waals surface area contributed by atoms with Crippen molar-refractivity contribution in [3.63, 3.8) is 0 Å². The van der Waals surface area contributed by atoms with Crippen molar-refractivity contribution in [2.45, 2.75) is 58.4 Å². The van der Waals surface area contributed by atoms with Crippen LogP contribution in [0, 0.1) is 5.41 Å². The minimum absolute atomic E-state index is 0.0926. The van der Waals surface area contributed by atoms with Crippen molar-refractivity contribution in [2.24, 2.45) is 5.41 Å². The third-order valence-electron chi connectivity index (χ3n) is 4.10. The van der Waals surface area contributed by atoms with Gasteiger partial charge in [-0.15, -0.1) is 0 Å². The predicted octanol–water partition coefficient (Wildman–Crippen LogP) is 2.12. The van der Waals surface area contributed by atoms with Crippen LogP contribution in [-0.2, 0) is 4.79 Å². The van der Waals surface area contributed by atoms with Gasteiger partial charge in [-0.3, -0.25) is 10.1 Å². The van der Waals surface area contributed by atoms with Crippen LogP contribution in [0.1, 0.15) is 52.4 Å². The predicted molar refractivity (Wildman–Crippen MR) is 65.0 cm³/mol. The van der Waals surface area contributed by atoms with Crippen LogP contribution in [0.4, 0.5) is 0 Å². The van der Waals surface area contributed by atoms with Gasteiger partial charge in [0, 0.05) is 6.54 Å². The largest absolute Gasteiger partial charge is 0.328 e. The number of carbonyl (C=O) groups is 1. The van der Waals surface area contributed by atoms with Gasteiger partial charge in [-0.05, 0) is 24.7 Å². The molecule has 0 aromatic carbocycles. The van der Waals surface area contributed by atoms with Crippen molar-refractivity contribution in [3.8, 4) is 0 Å². The molecule has 1 unspecified atom stereocenters. The zero-order chi connectivity index (χ0) is 11.6. The second kappa shape index (κ2) is 4.74. The van der Waals surface area contributed by atoms with E-state index in [1.165, 1.54) is 25.7 Å². The monoisotopic (exact) mass is 224 g/mol. The first kappa shape index (κ1) is 11.9. The Morgan fingerprint density at radius 2 is 2.12 bits per heavy atom. The maximum absolute atomic E-state index is 12.1. The summed E-state index contributed by atoms with van der Waals surface area (Å²) >= 11 is 0.